The molecule has 0 spiro atoms. The number of hydrogen-bond acceptors (Lipinski definition) is 5. The quantitative estimate of drug-likeness (QED) is 0.386. The van der Waals surface area contributed by atoms with E-state index in [1.807, 2.05) is 0 Å². The second-order valence-corrected chi connectivity index (χ2v) is 4.72. The Hall–Kier alpha value is -2.35. The van der Waals surface area contributed by atoms with E-state index in [1.165, 1.54) is 12.1 Å². The van der Waals surface area contributed by atoms with Crippen molar-refractivity contribution < 1.29 is 14.5 Å². The molecule has 0 unspecified atom stereocenters. The lowest BCUT2D eigenvalue weighted by Gasteiger charge is -2.16. The van der Waals surface area contributed by atoms with Crippen LogP contribution in [0.3, 0.4) is 0 Å². The number of nitro groups is 1. The molecule has 1 aliphatic rings. The number of carbonyl (C=O) groups is 2. The maximum Gasteiger partial charge on any atom is 0.292 e. The minimum absolute atomic E-state index is 0.108. The molecule has 1 saturated heterocycles. The van der Waals surface area contributed by atoms with E-state index in [0.717, 1.165) is 10.5 Å². The van der Waals surface area contributed by atoms with E-state index in [2.05, 4.69) is 5.32 Å². The van der Waals surface area contributed by atoms with Gasteiger partial charge in [0, 0.05) is 18.9 Å². The van der Waals surface area contributed by atoms with Crippen LogP contribution in [0.4, 0.5) is 11.4 Å². The third-order valence-corrected chi connectivity index (χ3v) is 3.13. The molecule has 1 aromatic carbocycles. The standard InChI is InChI=1S/C12H11N3O4S/c1-7-2-3-8(9(6-7)15(18)19)13-12(20)14-10(16)4-5-11(14)17/h2-3,6H,4-5H2,1H3,(H,13,20). The molecule has 1 heterocycles. The first kappa shape index (κ1) is 14.1. The van der Waals surface area contributed by atoms with Crippen LogP contribution in [0, 0.1) is 17.0 Å². The normalized spacial score (nSPS) is 14.6. The summed E-state index contributed by atoms with van der Waals surface area (Å²) in [7, 11) is 0. The van der Waals surface area contributed by atoms with Crippen LogP contribution >= 0.6 is 12.2 Å². The first-order valence-electron chi connectivity index (χ1n) is 5.82. The summed E-state index contributed by atoms with van der Waals surface area (Å²) in [5.41, 5.74) is 0.714. The van der Waals surface area contributed by atoms with Gasteiger partial charge in [0.2, 0.25) is 11.8 Å². The minimum Gasteiger partial charge on any atom is -0.326 e. The predicted octanol–water partition coefficient (Wildman–Crippen LogP) is 1.75. The average Bonchev–Trinajstić information content (AvgIpc) is 2.71. The Morgan fingerprint density at radius 2 is 1.95 bits per heavy atom. The number of thiocarbonyl (C=S) groups is 1. The van der Waals surface area contributed by atoms with Gasteiger partial charge in [-0.05, 0) is 30.8 Å². The lowest BCUT2D eigenvalue weighted by atomic mass is 10.2. The Balaban J connectivity index is 2.26. The number of nitrogens with one attached hydrogen (secondary N) is 1. The van der Waals surface area contributed by atoms with Gasteiger partial charge in [0.25, 0.3) is 5.69 Å². The van der Waals surface area contributed by atoms with Crippen molar-refractivity contribution in [3.63, 3.8) is 0 Å². The van der Waals surface area contributed by atoms with E-state index in [0.29, 0.717) is 0 Å². The van der Waals surface area contributed by atoms with Crippen LogP contribution in [-0.2, 0) is 9.59 Å². The zero-order valence-electron chi connectivity index (χ0n) is 10.6. The van der Waals surface area contributed by atoms with Crippen molar-refractivity contribution in [3.8, 4) is 0 Å². The highest BCUT2D eigenvalue weighted by Gasteiger charge is 2.32. The first-order valence-corrected chi connectivity index (χ1v) is 6.23. The Labute approximate surface area is 119 Å². The summed E-state index contributed by atoms with van der Waals surface area (Å²) in [6.45, 7) is 1.72. The molecule has 1 aromatic rings. The molecular weight excluding hydrogens is 282 g/mol. The van der Waals surface area contributed by atoms with Crippen LogP contribution in [0.2, 0.25) is 0 Å². The van der Waals surface area contributed by atoms with E-state index in [1.54, 1.807) is 13.0 Å². The van der Waals surface area contributed by atoms with E-state index in [-0.39, 0.29) is 29.3 Å². The highest BCUT2D eigenvalue weighted by Crippen LogP contribution is 2.26. The smallest absolute Gasteiger partial charge is 0.292 e. The number of rotatable bonds is 2. The SMILES string of the molecule is Cc1ccc(NC(=S)N2C(=O)CCC2=O)c([N+](=O)[O-])c1. The molecule has 0 radical (unpaired) electrons. The highest BCUT2D eigenvalue weighted by molar-refractivity contribution is 7.80. The van der Waals surface area contributed by atoms with E-state index < -0.39 is 16.7 Å². The monoisotopic (exact) mass is 293 g/mol. The molecule has 0 aliphatic carbocycles. The molecule has 0 aromatic heterocycles. The predicted molar refractivity (Wildman–Crippen MR) is 75.1 cm³/mol. The number of carbonyl (C=O) groups excluding carboxylic acids is 2. The molecule has 1 N–H and O–H groups in total. The molecule has 7 nitrogen and oxygen atoms in total. The van der Waals surface area contributed by atoms with Crippen LogP contribution in [0.1, 0.15) is 18.4 Å². The number of likely N-dealkylation sites (tertiary alicyclic amines) is 1. The van der Waals surface area contributed by atoms with Gasteiger partial charge in [-0.25, -0.2) is 4.90 Å². The Kier molecular flexibility index (Phi) is 3.75. The molecule has 2 amide bonds. The molecule has 1 fully saturated rings. The largest absolute Gasteiger partial charge is 0.326 e. The number of imide groups is 1. The fourth-order valence-corrected chi connectivity index (χ4v) is 2.19. The van der Waals surface area contributed by atoms with Gasteiger partial charge in [-0.2, -0.15) is 0 Å². The number of amides is 2. The van der Waals surface area contributed by atoms with Gasteiger partial charge in [0.05, 0.1) is 4.92 Å². The molecule has 1 aliphatic heterocycles. The number of aryl methyl sites for hydroxylation is 1. The van der Waals surface area contributed by atoms with Gasteiger partial charge in [0.1, 0.15) is 5.69 Å². The highest BCUT2D eigenvalue weighted by atomic mass is 32.1. The van der Waals surface area contributed by atoms with Crippen molar-refractivity contribution >= 4 is 40.5 Å². The van der Waals surface area contributed by atoms with Gasteiger partial charge in [-0.3, -0.25) is 19.7 Å². The van der Waals surface area contributed by atoms with Crippen LogP contribution in [0.15, 0.2) is 18.2 Å². The Morgan fingerprint density at radius 1 is 1.35 bits per heavy atom. The summed E-state index contributed by atoms with van der Waals surface area (Å²) in [6.07, 6.45) is 0.216. The van der Waals surface area contributed by atoms with Gasteiger partial charge in [0.15, 0.2) is 5.11 Å². The topological polar surface area (TPSA) is 92.6 Å². The van der Waals surface area contributed by atoms with Gasteiger partial charge < -0.3 is 5.32 Å². The third kappa shape index (κ3) is 2.64. The van der Waals surface area contributed by atoms with Crippen molar-refractivity contribution in [1.82, 2.24) is 4.90 Å². The molecule has 2 rings (SSSR count). The lowest BCUT2D eigenvalue weighted by molar-refractivity contribution is -0.383. The summed E-state index contributed by atoms with van der Waals surface area (Å²) in [4.78, 5) is 34.3. The van der Waals surface area contributed by atoms with Gasteiger partial charge in [-0.1, -0.05) is 6.07 Å². The van der Waals surface area contributed by atoms with Crippen molar-refractivity contribution in [3.05, 3.63) is 33.9 Å². The molecule has 20 heavy (non-hydrogen) atoms. The zero-order valence-corrected chi connectivity index (χ0v) is 11.4. The van der Waals surface area contributed by atoms with Gasteiger partial charge in [-0.15, -0.1) is 0 Å². The molecule has 0 atom stereocenters. The summed E-state index contributed by atoms with van der Waals surface area (Å²) >= 11 is 4.98. The van der Waals surface area contributed by atoms with Crippen molar-refractivity contribution in [1.29, 1.82) is 0 Å². The van der Waals surface area contributed by atoms with Crippen molar-refractivity contribution in [2.75, 3.05) is 5.32 Å². The number of nitro benzene ring substituents is 1. The van der Waals surface area contributed by atoms with Crippen molar-refractivity contribution in [2.45, 2.75) is 19.8 Å². The summed E-state index contributed by atoms with van der Waals surface area (Å²) in [6, 6.07) is 4.55. The number of anilines is 1. The van der Waals surface area contributed by atoms with E-state index >= 15 is 0 Å². The fraction of sp³-hybridized carbons (Fsp3) is 0.250. The van der Waals surface area contributed by atoms with E-state index in [4.69, 9.17) is 12.2 Å². The molecular formula is C12H11N3O4S. The zero-order chi connectivity index (χ0) is 14.9. The fourth-order valence-electron chi connectivity index (χ4n) is 1.87. The maximum absolute atomic E-state index is 11.5. The molecule has 0 bridgehead atoms. The van der Waals surface area contributed by atoms with E-state index in [9.17, 15) is 19.7 Å². The van der Waals surface area contributed by atoms with Crippen LogP contribution in [0.25, 0.3) is 0 Å². The summed E-state index contributed by atoms with van der Waals surface area (Å²) < 4.78 is 0. The molecule has 104 valence electrons. The van der Waals surface area contributed by atoms with Crippen LogP contribution < -0.4 is 5.32 Å². The van der Waals surface area contributed by atoms with Gasteiger partial charge >= 0.3 is 0 Å². The first-order chi connectivity index (χ1) is 9.40. The Bertz CT molecular complexity index is 613. The average molecular weight is 293 g/mol. The second kappa shape index (κ2) is 5.33. The lowest BCUT2D eigenvalue weighted by Crippen LogP contribution is -2.38. The van der Waals surface area contributed by atoms with Crippen LogP contribution in [0.5, 0.6) is 0 Å². The summed E-state index contributed by atoms with van der Waals surface area (Å²) in [5.74, 6) is -0.801. The number of nitrogens with zero attached hydrogens (tertiary/aromatic N) is 2. The second-order valence-electron chi connectivity index (χ2n) is 4.33. The van der Waals surface area contributed by atoms with Crippen molar-refractivity contribution in [2.24, 2.45) is 0 Å². The van der Waals surface area contributed by atoms with Crippen LogP contribution in [-0.4, -0.2) is 26.8 Å². The molecule has 8 heteroatoms. The number of benzene rings is 1. The Morgan fingerprint density at radius 3 is 2.50 bits per heavy atom. The summed E-state index contributed by atoms with van der Waals surface area (Å²) in [5, 5.41) is 13.4. The maximum atomic E-state index is 11.5. The minimum atomic E-state index is -0.550. The molecule has 0 saturated carbocycles. The third-order valence-electron chi connectivity index (χ3n) is 2.85. The number of hydrogen-bond donors (Lipinski definition) is 1.